The SMILES string of the molecule is CCNC1(C(=O)OCC)CCC(OCC(C)C)C1. The highest BCUT2D eigenvalue weighted by atomic mass is 16.5. The first-order chi connectivity index (χ1) is 8.54. The molecule has 2 unspecified atom stereocenters. The summed E-state index contributed by atoms with van der Waals surface area (Å²) in [4.78, 5) is 12.1. The van der Waals surface area contributed by atoms with Gasteiger partial charge in [0.15, 0.2) is 0 Å². The van der Waals surface area contributed by atoms with Gasteiger partial charge in [-0.2, -0.15) is 0 Å². The molecule has 0 spiro atoms. The minimum Gasteiger partial charge on any atom is -0.465 e. The van der Waals surface area contributed by atoms with Crippen LogP contribution >= 0.6 is 0 Å². The van der Waals surface area contributed by atoms with Gasteiger partial charge in [-0.05, 0) is 32.2 Å². The standard InChI is InChI=1S/C14H27NO3/c1-5-15-14(13(16)17-6-2)8-7-12(9-14)18-10-11(3)4/h11-12,15H,5-10H2,1-4H3. The average Bonchev–Trinajstić information content (AvgIpc) is 2.72. The van der Waals surface area contributed by atoms with Gasteiger partial charge < -0.3 is 14.8 Å². The molecule has 1 fully saturated rings. The molecule has 1 aliphatic carbocycles. The summed E-state index contributed by atoms with van der Waals surface area (Å²) in [6, 6.07) is 0. The van der Waals surface area contributed by atoms with Crippen LogP contribution < -0.4 is 5.32 Å². The van der Waals surface area contributed by atoms with Crippen LogP contribution in [0.1, 0.15) is 47.0 Å². The van der Waals surface area contributed by atoms with Crippen molar-refractivity contribution in [1.82, 2.24) is 5.32 Å². The van der Waals surface area contributed by atoms with E-state index in [0.717, 1.165) is 32.4 Å². The summed E-state index contributed by atoms with van der Waals surface area (Å²) in [5, 5.41) is 3.31. The van der Waals surface area contributed by atoms with Crippen molar-refractivity contribution in [3.05, 3.63) is 0 Å². The molecule has 4 nitrogen and oxygen atoms in total. The molecule has 0 amide bonds. The Hall–Kier alpha value is -0.610. The van der Waals surface area contributed by atoms with Crippen molar-refractivity contribution in [1.29, 1.82) is 0 Å². The first-order valence-electron chi connectivity index (χ1n) is 7.08. The molecule has 0 heterocycles. The maximum Gasteiger partial charge on any atom is 0.326 e. The van der Waals surface area contributed by atoms with Crippen molar-refractivity contribution in [3.63, 3.8) is 0 Å². The second kappa shape index (κ2) is 7.10. The van der Waals surface area contributed by atoms with E-state index in [2.05, 4.69) is 19.2 Å². The lowest BCUT2D eigenvalue weighted by molar-refractivity contribution is -0.151. The number of carbonyl (C=O) groups is 1. The van der Waals surface area contributed by atoms with E-state index in [9.17, 15) is 4.79 Å². The fourth-order valence-electron chi connectivity index (χ4n) is 2.50. The minimum atomic E-state index is -0.521. The smallest absolute Gasteiger partial charge is 0.326 e. The molecular formula is C14H27NO3. The number of ether oxygens (including phenoxy) is 2. The van der Waals surface area contributed by atoms with Gasteiger partial charge in [0.2, 0.25) is 0 Å². The minimum absolute atomic E-state index is 0.123. The maximum atomic E-state index is 12.1. The molecule has 0 saturated heterocycles. The Morgan fingerprint density at radius 1 is 1.44 bits per heavy atom. The zero-order valence-electron chi connectivity index (χ0n) is 12.1. The van der Waals surface area contributed by atoms with Crippen molar-refractivity contribution < 1.29 is 14.3 Å². The molecule has 1 rings (SSSR count). The van der Waals surface area contributed by atoms with E-state index in [1.54, 1.807) is 0 Å². The Labute approximate surface area is 110 Å². The molecule has 2 atom stereocenters. The maximum absolute atomic E-state index is 12.1. The van der Waals surface area contributed by atoms with Crippen molar-refractivity contribution in [3.8, 4) is 0 Å². The molecule has 4 heteroatoms. The third kappa shape index (κ3) is 3.95. The van der Waals surface area contributed by atoms with Crippen LogP contribution in [0, 0.1) is 5.92 Å². The fourth-order valence-corrected chi connectivity index (χ4v) is 2.50. The summed E-state index contributed by atoms with van der Waals surface area (Å²) in [6.45, 7) is 10.1. The monoisotopic (exact) mass is 257 g/mol. The molecule has 0 bridgehead atoms. The Morgan fingerprint density at radius 2 is 2.17 bits per heavy atom. The molecule has 106 valence electrons. The first-order valence-corrected chi connectivity index (χ1v) is 7.08. The van der Waals surface area contributed by atoms with Crippen LogP contribution in [-0.2, 0) is 14.3 Å². The third-order valence-electron chi connectivity index (χ3n) is 3.32. The Bertz CT molecular complexity index is 268. The molecule has 0 aromatic rings. The number of esters is 1. The van der Waals surface area contributed by atoms with Crippen LogP contribution in [0.5, 0.6) is 0 Å². The van der Waals surface area contributed by atoms with E-state index in [1.807, 2.05) is 13.8 Å². The molecule has 1 N–H and O–H groups in total. The van der Waals surface area contributed by atoms with Gasteiger partial charge in [0.1, 0.15) is 5.54 Å². The molecule has 1 aliphatic rings. The molecule has 0 aliphatic heterocycles. The average molecular weight is 257 g/mol. The molecular weight excluding hydrogens is 230 g/mol. The normalized spacial score (nSPS) is 27.7. The number of likely N-dealkylation sites (N-methyl/N-ethyl adjacent to an activating group) is 1. The summed E-state index contributed by atoms with van der Waals surface area (Å²) >= 11 is 0. The van der Waals surface area contributed by atoms with Crippen LogP contribution in [0.2, 0.25) is 0 Å². The largest absolute Gasteiger partial charge is 0.465 e. The van der Waals surface area contributed by atoms with Gasteiger partial charge in [-0.1, -0.05) is 20.8 Å². The van der Waals surface area contributed by atoms with E-state index >= 15 is 0 Å². The van der Waals surface area contributed by atoms with E-state index in [4.69, 9.17) is 9.47 Å². The van der Waals surface area contributed by atoms with Crippen molar-refractivity contribution in [2.45, 2.75) is 58.6 Å². The summed E-state index contributed by atoms with van der Waals surface area (Å²) in [6.07, 6.45) is 2.64. The number of rotatable bonds is 7. The van der Waals surface area contributed by atoms with Crippen molar-refractivity contribution >= 4 is 5.97 Å². The lowest BCUT2D eigenvalue weighted by Gasteiger charge is -2.27. The van der Waals surface area contributed by atoms with Crippen LogP contribution in [-0.4, -0.2) is 37.4 Å². The zero-order valence-corrected chi connectivity index (χ0v) is 12.1. The van der Waals surface area contributed by atoms with E-state index < -0.39 is 5.54 Å². The lowest BCUT2D eigenvalue weighted by Crippen LogP contribution is -2.51. The predicted octanol–water partition coefficient (Wildman–Crippen LogP) is 2.12. The molecule has 1 saturated carbocycles. The molecule has 18 heavy (non-hydrogen) atoms. The summed E-state index contributed by atoms with van der Waals surface area (Å²) in [5.41, 5.74) is -0.521. The fraction of sp³-hybridized carbons (Fsp3) is 0.929. The van der Waals surface area contributed by atoms with Crippen molar-refractivity contribution in [2.75, 3.05) is 19.8 Å². The number of hydrogen-bond donors (Lipinski definition) is 1. The lowest BCUT2D eigenvalue weighted by atomic mass is 9.97. The van der Waals surface area contributed by atoms with E-state index in [0.29, 0.717) is 12.5 Å². The quantitative estimate of drug-likeness (QED) is 0.710. The highest BCUT2D eigenvalue weighted by Gasteiger charge is 2.46. The van der Waals surface area contributed by atoms with Gasteiger partial charge in [-0.3, -0.25) is 4.79 Å². The Kier molecular flexibility index (Phi) is 6.09. The summed E-state index contributed by atoms with van der Waals surface area (Å²) < 4.78 is 11.0. The van der Waals surface area contributed by atoms with Gasteiger partial charge in [0.05, 0.1) is 12.7 Å². The van der Waals surface area contributed by atoms with Crippen LogP contribution in [0.4, 0.5) is 0 Å². The molecule has 0 aromatic heterocycles. The second-order valence-electron chi connectivity index (χ2n) is 5.42. The van der Waals surface area contributed by atoms with Crippen LogP contribution in [0.15, 0.2) is 0 Å². The van der Waals surface area contributed by atoms with Gasteiger partial charge in [0.25, 0.3) is 0 Å². The van der Waals surface area contributed by atoms with Crippen LogP contribution in [0.25, 0.3) is 0 Å². The molecule has 0 radical (unpaired) electrons. The zero-order chi connectivity index (χ0) is 13.6. The Morgan fingerprint density at radius 3 is 2.72 bits per heavy atom. The highest BCUT2D eigenvalue weighted by molar-refractivity contribution is 5.81. The summed E-state index contributed by atoms with van der Waals surface area (Å²) in [5.74, 6) is 0.407. The molecule has 0 aromatic carbocycles. The van der Waals surface area contributed by atoms with Crippen LogP contribution in [0.3, 0.4) is 0 Å². The number of nitrogens with one attached hydrogen (secondary N) is 1. The van der Waals surface area contributed by atoms with Gasteiger partial charge in [-0.15, -0.1) is 0 Å². The number of hydrogen-bond acceptors (Lipinski definition) is 4. The number of carbonyl (C=O) groups excluding carboxylic acids is 1. The second-order valence-corrected chi connectivity index (χ2v) is 5.42. The van der Waals surface area contributed by atoms with E-state index in [-0.39, 0.29) is 12.1 Å². The Balaban J connectivity index is 2.57. The predicted molar refractivity (Wildman–Crippen MR) is 71.5 cm³/mol. The van der Waals surface area contributed by atoms with E-state index in [1.165, 1.54) is 0 Å². The van der Waals surface area contributed by atoms with Crippen molar-refractivity contribution in [2.24, 2.45) is 5.92 Å². The van der Waals surface area contributed by atoms with Gasteiger partial charge in [-0.25, -0.2) is 0 Å². The van der Waals surface area contributed by atoms with Gasteiger partial charge >= 0.3 is 5.97 Å². The first kappa shape index (κ1) is 15.4. The highest BCUT2D eigenvalue weighted by Crippen LogP contribution is 2.33. The van der Waals surface area contributed by atoms with Gasteiger partial charge in [0, 0.05) is 13.0 Å². The topological polar surface area (TPSA) is 47.6 Å². The summed E-state index contributed by atoms with van der Waals surface area (Å²) in [7, 11) is 0. The third-order valence-corrected chi connectivity index (χ3v) is 3.32.